The smallest absolute Gasteiger partial charge is 0.462 e. The van der Waals surface area contributed by atoms with Gasteiger partial charge in [-0.25, -0.2) is 4.28 Å². The van der Waals surface area contributed by atoms with E-state index in [1.165, 1.54) is 31.2 Å². The molecule has 0 aliphatic carbocycles. The molecule has 0 aromatic heterocycles. The van der Waals surface area contributed by atoms with Gasteiger partial charge in [0, 0.05) is 13.3 Å². The van der Waals surface area contributed by atoms with E-state index in [2.05, 4.69) is 9.44 Å². The summed E-state index contributed by atoms with van der Waals surface area (Å²) in [6.07, 6.45) is -12.5. The van der Waals surface area contributed by atoms with Crippen LogP contribution >= 0.6 is 11.8 Å². The third kappa shape index (κ3) is 8.46. The summed E-state index contributed by atoms with van der Waals surface area (Å²) in [4.78, 5) is 11.3. The first-order valence-corrected chi connectivity index (χ1v) is 14.1. The van der Waals surface area contributed by atoms with E-state index in [0.717, 1.165) is 6.92 Å². The zero-order valence-electron chi connectivity index (χ0n) is 21.2. The number of rotatable bonds is 9. The zero-order valence-corrected chi connectivity index (χ0v) is 22.8. The van der Waals surface area contributed by atoms with E-state index in [1.54, 1.807) is 0 Å². The second-order valence-corrected chi connectivity index (χ2v) is 11.2. The summed E-state index contributed by atoms with van der Waals surface area (Å²) in [5.41, 5.74) is -0.827. The molecule has 2 saturated heterocycles. The highest BCUT2D eigenvalue weighted by Gasteiger charge is 2.46. The first kappa shape index (κ1) is 32.4. The Balaban J connectivity index is 1.70. The molecule has 3 rings (SSSR count). The Morgan fingerprint density at radius 3 is 2.23 bits per heavy atom. The lowest BCUT2D eigenvalue weighted by atomic mass is 9.99. The van der Waals surface area contributed by atoms with Gasteiger partial charge >= 0.3 is 16.4 Å². The van der Waals surface area contributed by atoms with Gasteiger partial charge in [-0.2, -0.15) is 8.42 Å². The van der Waals surface area contributed by atoms with Gasteiger partial charge in [0.15, 0.2) is 6.10 Å². The summed E-state index contributed by atoms with van der Waals surface area (Å²) in [5.74, 6) is -0.455. The third-order valence-corrected chi connectivity index (χ3v) is 7.32. The number of hydrogen-bond acceptors (Lipinski definition) is 16. The van der Waals surface area contributed by atoms with Gasteiger partial charge in [-0.3, -0.25) is 9.35 Å². The van der Waals surface area contributed by atoms with Crippen LogP contribution in [0.1, 0.15) is 19.4 Å². The summed E-state index contributed by atoms with van der Waals surface area (Å²) in [5, 5.41) is 63.6. The van der Waals surface area contributed by atoms with E-state index in [-0.39, 0.29) is 17.2 Å². The highest BCUT2D eigenvalue weighted by Crippen LogP contribution is 2.31. The molecule has 0 radical (unpaired) electrons. The Kier molecular flexibility index (Phi) is 11.1. The minimum atomic E-state index is -4.99. The van der Waals surface area contributed by atoms with Gasteiger partial charge in [0.2, 0.25) is 6.29 Å². The van der Waals surface area contributed by atoms with Crippen LogP contribution in [0.5, 0.6) is 5.75 Å². The molecule has 10 atom stereocenters. The van der Waals surface area contributed by atoms with Gasteiger partial charge in [-0.05, 0) is 24.6 Å². The first-order chi connectivity index (χ1) is 18.7. The van der Waals surface area contributed by atoms with Crippen molar-refractivity contribution in [3.05, 3.63) is 29.8 Å². The first-order valence-electron chi connectivity index (χ1n) is 11.8. The molecule has 7 N–H and O–H groups in total. The third-order valence-electron chi connectivity index (χ3n) is 5.94. The van der Waals surface area contributed by atoms with E-state index < -0.39 is 83.5 Å². The maximum atomic E-state index is 11.3. The second kappa shape index (κ2) is 13.7. The zero-order chi connectivity index (χ0) is 29.8. The van der Waals surface area contributed by atoms with Crippen LogP contribution in [0.4, 0.5) is 0 Å². The second-order valence-electron chi connectivity index (χ2n) is 9.01. The van der Waals surface area contributed by atoms with Crippen LogP contribution in [0.3, 0.4) is 0 Å². The van der Waals surface area contributed by atoms with Gasteiger partial charge in [-0.1, -0.05) is 29.1 Å². The van der Waals surface area contributed by atoms with Crippen molar-refractivity contribution in [1.29, 1.82) is 0 Å². The van der Waals surface area contributed by atoms with Crippen molar-refractivity contribution < 1.29 is 71.6 Å². The summed E-state index contributed by atoms with van der Waals surface area (Å²) >= 11 is 0.619. The Hall–Kier alpha value is -2.10. The van der Waals surface area contributed by atoms with Crippen molar-refractivity contribution in [2.24, 2.45) is 5.16 Å². The maximum Gasteiger partial charge on any atom is 0.466 e. The lowest BCUT2D eigenvalue weighted by Gasteiger charge is -2.40. The average Bonchev–Trinajstić information content (AvgIpc) is 2.89. The molecule has 40 heavy (non-hydrogen) atoms. The van der Waals surface area contributed by atoms with E-state index in [4.69, 9.17) is 23.5 Å². The molecule has 18 heteroatoms. The lowest BCUT2D eigenvalue weighted by Crippen LogP contribution is -2.59. The van der Waals surface area contributed by atoms with Crippen molar-refractivity contribution in [2.75, 3.05) is 6.61 Å². The molecule has 2 fully saturated rings. The van der Waals surface area contributed by atoms with Gasteiger partial charge in [-0.15, -0.1) is 0 Å². The quantitative estimate of drug-likeness (QED) is 0.0507. The monoisotopic (exact) mass is 613 g/mol. The van der Waals surface area contributed by atoms with Gasteiger partial charge in [0.1, 0.15) is 52.9 Å². The summed E-state index contributed by atoms with van der Waals surface area (Å²) in [7, 11) is -4.99. The molecule has 1 aromatic carbocycles. The van der Waals surface area contributed by atoms with Crippen LogP contribution in [0.15, 0.2) is 29.4 Å². The molecule has 10 unspecified atom stereocenters. The van der Waals surface area contributed by atoms with E-state index >= 15 is 0 Å². The molecule has 2 aliphatic heterocycles. The fourth-order valence-electron chi connectivity index (χ4n) is 3.93. The van der Waals surface area contributed by atoms with Crippen molar-refractivity contribution in [2.45, 2.75) is 80.8 Å². The number of carbonyl (C=O) groups is 1. The number of oxime groups is 1. The summed E-state index contributed by atoms with van der Waals surface area (Å²) in [6, 6.07) is 5.95. The largest absolute Gasteiger partial charge is 0.466 e. The fourth-order valence-corrected chi connectivity index (χ4v) is 5.26. The number of hydrogen-bond donors (Lipinski definition) is 7. The average molecular weight is 614 g/mol. The highest BCUT2D eigenvalue weighted by molar-refractivity contribution is 8.14. The Labute approximate surface area is 233 Å². The van der Waals surface area contributed by atoms with Crippen LogP contribution in [0, 0.1) is 0 Å². The van der Waals surface area contributed by atoms with Gasteiger partial charge < -0.3 is 49.6 Å². The highest BCUT2D eigenvalue weighted by atomic mass is 32.3. The van der Waals surface area contributed by atoms with Crippen molar-refractivity contribution in [3.63, 3.8) is 0 Å². The molecule has 0 amide bonds. The minimum Gasteiger partial charge on any atom is -0.462 e. The van der Waals surface area contributed by atoms with E-state index in [0.29, 0.717) is 17.3 Å². The van der Waals surface area contributed by atoms with Crippen molar-refractivity contribution in [3.8, 4) is 5.75 Å². The van der Waals surface area contributed by atoms with Gasteiger partial charge in [0.25, 0.3) is 0 Å². The molecule has 1 aromatic rings. The van der Waals surface area contributed by atoms with Crippen LogP contribution in [0.2, 0.25) is 0 Å². The lowest BCUT2D eigenvalue weighted by molar-refractivity contribution is -0.272. The summed E-state index contributed by atoms with van der Waals surface area (Å²) < 4.78 is 56.7. The molecular formula is C22H31NO15S2. The molecular weight excluding hydrogens is 582 g/mol. The molecule has 0 spiro atoms. The molecule has 0 saturated carbocycles. The fraction of sp³-hybridized carbons (Fsp3) is 0.636. The Morgan fingerprint density at radius 1 is 1.00 bits per heavy atom. The van der Waals surface area contributed by atoms with Crippen molar-refractivity contribution >= 4 is 33.2 Å². The Bertz CT molecular complexity index is 1130. The van der Waals surface area contributed by atoms with Crippen LogP contribution in [-0.4, -0.2) is 122 Å². The number of benzene rings is 1. The predicted molar refractivity (Wildman–Crippen MR) is 134 cm³/mol. The van der Waals surface area contributed by atoms with Crippen LogP contribution < -0.4 is 4.74 Å². The molecule has 226 valence electrons. The van der Waals surface area contributed by atoms with Crippen LogP contribution in [0.25, 0.3) is 0 Å². The molecule has 2 heterocycles. The summed E-state index contributed by atoms with van der Waals surface area (Å²) in [6.45, 7) is 2.01. The number of nitrogens with zero attached hydrogens (tertiary/aromatic N) is 1. The number of ether oxygens (including phenoxy) is 4. The maximum absolute atomic E-state index is 11.3. The van der Waals surface area contributed by atoms with Crippen LogP contribution in [-0.2, 0) is 40.1 Å². The van der Waals surface area contributed by atoms with Gasteiger partial charge in [0.05, 0.1) is 12.7 Å². The number of thioether (sulfide) groups is 1. The molecule has 0 bridgehead atoms. The SMILES string of the molecule is CC(=O)OC1C(C)OC(Oc2ccc(C/C(=N\OS(=O)(=O)O)SC3OC(CO)C(O)C(O)C3O)cc2)C(O)C1O. The van der Waals surface area contributed by atoms with Crippen molar-refractivity contribution in [1.82, 2.24) is 0 Å². The minimum absolute atomic E-state index is 0.141. The van der Waals surface area contributed by atoms with E-state index in [1.807, 2.05) is 0 Å². The number of esters is 1. The molecule has 16 nitrogen and oxygen atoms in total. The predicted octanol–water partition coefficient (Wildman–Crippen LogP) is -2.33. The Morgan fingerprint density at radius 2 is 1.65 bits per heavy atom. The normalized spacial score (nSPS) is 35.2. The van der Waals surface area contributed by atoms with E-state index in [9.17, 15) is 43.9 Å². The standard InChI is InChI=1S/C22H31NO15S2/c1-9-20(35-10(2)25)17(28)18(29)21(34-9)36-12-5-3-11(4-6-12)7-14(23-38-40(31,32)33)39-22-19(30)16(27)15(26)13(8-24)37-22/h3-6,9,13,15-22,24,26-30H,7-8H2,1-2H3,(H,31,32,33)/b23-14+. The number of carbonyl (C=O) groups excluding carboxylic acids is 1. The number of aliphatic hydroxyl groups is 6. The molecule has 2 aliphatic rings. The number of aliphatic hydroxyl groups excluding tert-OH is 6. The topological polar surface area (TPSA) is 251 Å².